The first kappa shape index (κ1) is 29.6. The summed E-state index contributed by atoms with van der Waals surface area (Å²) in [6, 6.07) is 3.45. The highest BCUT2D eigenvalue weighted by molar-refractivity contribution is 7.15. The third-order valence-electron chi connectivity index (χ3n) is 5.24. The second-order valence-corrected chi connectivity index (χ2v) is 9.91. The van der Waals surface area contributed by atoms with Gasteiger partial charge >= 0.3 is 0 Å². The van der Waals surface area contributed by atoms with Crippen LogP contribution in [0.2, 0.25) is 5.15 Å². The third-order valence-corrected chi connectivity index (χ3v) is 6.20. The van der Waals surface area contributed by atoms with Crippen LogP contribution in [-0.4, -0.2) is 45.9 Å². The molecular weight excluding hydrogens is 498 g/mol. The monoisotopic (exact) mass is 533 g/mol. The van der Waals surface area contributed by atoms with Crippen molar-refractivity contribution in [3.8, 4) is 16.9 Å². The molecule has 1 amide bonds. The van der Waals surface area contributed by atoms with E-state index in [9.17, 15) is 4.79 Å². The summed E-state index contributed by atoms with van der Waals surface area (Å²) in [5.41, 5.74) is 2.44. The number of rotatable bonds is 6. The standard InChI is InChI=1S/C16H14ClN5O2S.C5H10O.C5H12/c1-8-4-10(11-5-14(17)19-7-13(11)24-3)12(6-18-8)15(23)20-16-22-21-9(2)25-16;1-5-3-2-4-6-5;1-3-5-4-2/h4-7H,1-3H3,(H,20,22,23);5H,2-4H2,1H3;3-5H2,1-2H3. The summed E-state index contributed by atoms with van der Waals surface area (Å²) in [6.45, 7) is 11.2. The lowest BCUT2D eigenvalue weighted by Gasteiger charge is -2.13. The maximum Gasteiger partial charge on any atom is 0.259 e. The quantitative estimate of drug-likeness (QED) is 0.344. The van der Waals surface area contributed by atoms with E-state index >= 15 is 0 Å². The molecule has 4 rings (SSSR count). The van der Waals surface area contributed by atoms with Crippen LogP contribution in [-0.2, 0) is 4.74 Å². The number of methoxy groups -OCH3 is 1. The molecule has 1 aliphatic rings. The normalized spacial score (nSPS) is 14.2. The lowest BCUT2D eigenvalue weighted by Crippen LogP contribution is -2.14. The molecule has 1 atom stereocenters. The highest BCUT2D eigenvalue weighted by Gasteiger charge is 2.19. The summed E-state index contributed by atoms with van der Waals surface area (Å²) in [6.07, 6.45) is 10.2. The Morgan fingerprint density at radius 2 is 1.92 bits per heavy atom. The average molecular weight is 534 g/mol. The zero-order valence-electron chi connectivity index (χ0n) is 21.9. The summed E-state index contributed by atoms with van der Waals surface area (Å²) < 4.78 is 10.5. The molecule has 1 aliphatic heterocycles. The molecule has 1 N–H and O–H groups in total. The lowest BCUT2D eigenvalue weighted by atomic mass is 10.0. The fourth-order valence-electron chi connectivity index (χ4n) is 3.36. The molecule has 0 radical (unpaired) electrons. The molecule has 196 valence electrons. The topological polar surface area (TPSA) is 99.1 Å². The summed E-state index contributed by atoms with van der Waals surface area (Å²) in [7, 11) is 1.53. The van der Waals surface area contributed by atoms with Crippen molar-refractivity contribution in [2.24, 2.45) is 0 Å². The Morgan fingerprint density at radius 1 is 1.17 bits per heavy atom. The number of pyridine rings is 2. The number of unbranched alkanes of at least 4 members (excludes halogenated alkanes) is 2. The van der Waals surface area contributed by atoms with Gasteiger partial charge in [0, 0.05) is 29.6 Å². The predicted molar refractivity (Wildman–Crippen MR) is 146 cm³/mol. The van der Waals surface area contributed by atoms with Gasteiger partial charge in [0.05, 0.1) is 25.0 Å². The molecule has 10 heteroatoms. The molecule has 0 aliphatic carbocycles. The van der Waals surface area contributed by atoms with Gasteiger partial charge in [-0.1, -0.05) is 56.0 Å². The van der Waals surface area contributed by atoms with Gasteiger partial charge in [-0.15, -0.1) is 10.2 Å². The van der Waals surface area contributed by atoms with Gasteiger partial charge in [-0.3, -0.25) is 15.1 Å². The van der Waals surface area contributed by atoms with E-state index < -0.39 is 0 Å². The van der Waals surface area contributed by atoms with Gasteiger partial charge in [0.15, 0.2) is 0 Å². The largest absolute Gasteiger partial charge is 0.494 e. The number of aryl methyl sites for hydroxylation is 2. The van der Waals surface area contributed by atoms with Crippen molar-refractivity contribution in [2.45, 2.75) is 72.8 Å². The van der Waals surface area contributed by atoms with Crippen LogP contribution in [0.1, 0.15) is 73.9 Å². The smallest absolute Gasteiger partial charge is 0.259 e. The molecular formula is C26H36ClN5O3S. The van der Waals surface area contributed by atoms with Crippen LogP contribution >= 0.6 is 22.9 Å². The summed E-state index contributed by atoms with van der Waals surface area (Å²) >= 11 is 7.32. The van der Waals surface area contributed by atoms with Gasteiger partial charge in [-0.05, 0) is 45.7 Å². The van der Waals surface area contributed by atoms with E-state index in [0.29, 0.717) is 38.8 Å². The Balaban J connectivity index is 0.000000343. The highest BCUT2D eigenvalue weighted by Crippen LogP contribution is 2.34. The lowest BCUT2D eigenvalue weighted by molar-refractivity contribution is 0.102. The van der Waals surface area contributed by atoms with Crippen LogP contribution in [0.25, 0.3) is 11.1 Å². The Labute approximate surface area is 222 Å². The number of amides is 1. The van der Waals surface area contributed by atoms with E-state index in [-0.39, 0.29) is 5.91 Å². The number of carbonyl (C=O) groups excluding carboxylic acids is 1. The van der Waals surface area contributed by atoms with Crippen LogP contribution in [0, 0.1) is 13.8 Å². The summed E-state index contributed by atoms with van der Waals surface area (Å²) in [4.78, 5) is 21.0. The molecule has 0 saturated carbocycles. The van der Waals surface area contributed by atoms with Crippen molar-refractivity contribution in [3.63, 3.8) is 0 Å². The Kier molecular flexibility index (Phi) is 12.7. The van der Waals surface area contributed by atoms with Crippen LogP contribution in [0.15, 0.2) is 24.5 Å². The number of carbonyl (C=O) groups is 1. The second-order valence-electron chi connectivity index (χ2n) is 8.34. The average Bonchev–Trinajstić information content (AvgIpc) is 3.50. The molecule has 1 unspecified atom stereocenters. The Morgan fingerprint density at radius 3 is 2.42 bits per heavy atom. The van der Waals surface area contributed by atoms with Crippen molar-refractivity contribution >= 4 is 34.0 Å². The van der Waals surface area contributed by atoms with Crippen LogP contribution in [0.3, 0.4) is 0 Å². The van der Waals surface area contributed by atoms with E-state index in [1.54, 1.807) is 12.1 Å². The van der Waals surface area contributed by atoms with Crippen LogP contribution in [0.4, 0.5) is 5.13 Å². The van der Waals surface area contributed by atoms with Crippen LogP contribution in [0.5, 0.6) is 5.75 Å². The van der Waals surface area contributed by atoms with E-state index in [1.165, 1.54) is 62.9 Å². The molecule has 0 spiro atoms. The zero-order valence-corrected chi connectivity index (χ0v) is 23.5. The molecule has 0 aromatic carbocycles. The van der Waals surface area contributed by atoms with Gasteiger partial charge in [0.25, 0.3) is 5.91 Å². The van der Waals surface area contributed by atoms with E-state index in [1.807, 2.05) is 13.8 Å². The fourth-order valence-corrected chi connectivity index (χ4v) is 4.10. The third kappa shape index (κ3) is 9.44. The first-order valence-electron chi connectivity index (χ1n) is 12.2. The minimum Gasteiger partial charge on any atom is -0.494 e. The Hall–Kier alpha value is -2.62. The number of nitrogens with one attached hydrogen (secondary N) is 1. The molecule has 1 saturated heterocycles. The van der Waals surface area contributed by atoms with Crippen molar-refractivity contribution in [1.29, 1.82) is 0 Å². The first-order valence-corrected chi connectivity index (χ1v) is 13.4. The van der Waals surface area contributed by atoms with Crippen molar-refractivity contribution in [2.75, 3.05) is 19.0 Å². The Bertz CT molecular complexity index is 1100. The minimum absolute atomic E-state index is 0.302. The van der Waals surface area contributed by atoms with Gasteiger partial charge in [0.1, 0.15) is 15.9 Å². The van der Waals surface area contributed by atoms with Crippen LogP contribution < -0.4 is 10.1 Å². The maximum atomic E-state index is 12.7. The molecule has 36 heavy (non-hydrogen) atoms. The minimum atomic E-state index is -0.339. The van der Waals surface area contributed by atoms with Crippen molar-refractivity contribution < 1.29 is 14.3 Å². The molecule has 1 fully saturated rings. The van der Waals surface area contributed by atoms with E-state index in [2.05, 4.69) is 46.3 Å². The number of hydrogen-bond acceptors (Lipinski definition) is 8. The van der Waals surface area contributed by atoms with Crippen molar-refractivity contribution in [1.82, 2.24) is 20.2 Å². The van der Waals surface area contributed by atoms with E-state index in [4.69, 9.17) is 21.1 Å². The number of halogens is 1. The SMILES string of the molecule is CC1CCCO1.CCCCC.COc1cnc(Cl)cc1-c1cc(C)ncc1C(=O)Nc1nnc(C)s1. The first-order chi connectivity index (χ1) is 17.3. The molecule has 8 nitrogen and oxygen atoms in total. The molecule has 4 heterocycles. The number of hydrogen-bond donors (Lipinski definition) is 1. The van der Waals surface area contributed by atoms with Gasteiger partial charge in [-0.25, -0.2) is 4.98 Å². The number of anilines is 1. The zero-order chi connectivity index (χ0) is 26.5. The predicted octanol–water partition coefficient (Wildman–Crippen LogP) is 6.91. The fraction of sp³-hybridized carbons (Fsp3) is 0.500. The maximum absolute atomic E-state index is 12.7. The summed E-state index contributed by atoms with van der Waals surface area (Å²) in [5.74, 6) is 0.171. The number of aromatic nitrogens is 4. The van der Waals surface area contributed by atoms with Gasteiger partial charge < -0.3 is 9.47 Å². The highest BCUT2D eigenvalue weighted by atomic mass is 35.5. The summed E-state index contributed by atoms with van der Waals surface area (Å²) in [5, 5.41) is 12.0. The number of nitrogens with zero attached hydrogens (tertiary/aromatic N) is 4. The van der Waals surface area contributed by atoms with Gasteiger partial charge in [-0.2, -0.15) is 0 Å². The molecule has 0 bridgehead atoms. The van der Waals surface area contributed by atoms with E-state index in [0.717, 1.165) is 17.3 Å². The molecule has 3 aromatic heterocycles. The molecule has 3 aromatic rings. The number of ether oxygens (including phenoxy) is 2. The van der Waals surface area contributed by atoms with Crippen molar-refractivity contribution in [3.05, 3.63) is 45.9 Å². The second kappa shape index (κ2) is 15.5. The van der Waals surface area contributed by atoms with Gasteiger partial charge in [0.2, 0.25) is 5.13 Å².